The fraction of sp³-hybridized carbons (Fsp3) is 0.107. The van der Waals surface area contributed by atoms with Gasteiger partial charge in [-0.2, -0.15) is 0 Å². The number of benzene rings is 5. The first-order chi connectivity index (χ1) is 30.5. The van der Waals surface area contributed by atoms with Crippen molar-refractivity contribution in [3.63, 3.8) is 0 Å². The van der Waals surface area contributed by atoms with Crippen LogP contribution in [-0.2, 0) is 32.7 Å². The van der Waals surface area contributed by atoms with Gasteiger partial charge >= 0.3 is 0 Å². The number of aromatic nitrogens is 5. The van der Waals surface area contributed by atoms with Gasteiger partial charge < -0.3 is 4.57 Å². The Kier molecular flexibility index (Phi) is 9.86. The van der Waals surface area contributed by atoms with Gasteiger partial charge in [0.1, 0.15) is 0 Å². The van der Waals surface area contributed by atoms with Crippen LogP contribution in [0.25, 0.3) is 66.3 Å². The summed E-state index contributed by atoms with van der Waals surface area (Å²) in [6.45, 7) is 6.39. The molecule has 0 fully saturated rings. The van der Waals surface area contributed by atoms with Crippen molar-refractivity contribution in [1.29, 1.82) is 0 Å². The number of rotatable bonds is 1. The molecule has 0 N–H and O–H groups in total. The summed E-state index contributed by atoms with van der Waals surface area (Å²) >= 11 is 3.99. The van der Waals surface area contributed by atoms with E-state index >= 15 is 0 Å². The molecular weight excluding hydrogens is 823 g/mol. The Bertz CT molecular complexity index is 3010. The number of nitrogens with zero attached hydrogens (tertiary/aromatic N) is 5. The van der Waals surface area contributed by atoms with Gasteiger partial charge in [-0.1, -0.05) is 78.9 Å². The average Bonchev–Trinajstić information content (AvgIpc) is 3.62. The third-order valence-corrected chi connectivity index (χ3v) is 13.4. The predicted octanol–water partition coefficient (Wildman–Crippen LogP) is 10.9. The van der Waals surface area contributed by atoms with Gasteiger partial charge in [-0.25, -0.2) is 18.3 Å². The Morgan fingerprint density at radius 1 is 0.387 bits per heavy atom. The maximum Gasteiger partial charge on any atom is 0.173 e. The maximum atomic E-state index is 3.99. The largest absolute Gasteiger partial charge is 0.341 e. The molecule has 5 nitrogen and oxygen atoms in total. The molecule has 298 valence electrons. The lowest BCUT2D eigenvalue weighted by molar-refractivity contribution is -0.688. The van der Waals surface area contributed by atoms with E-state index in [4.69, 9.17) is 0 Å². The third-order valence-electron chi connectivity index (χ3n) is 12.5. The highest BCUT2D eigenvalue weighted by molar-refractivity contribution is 9.10. The second-order valence-corrected chi connectivity index (χ2v) is 17.3. The van der Waals surface area contributed by atoms with Crippen LogP contribution in [0.15, 0.2) is 206 Å². The molecule has 0 unspecified atom stereocenters. The quantitative estimate of drug-likeness (QED) is 0.147. The number of hydrogen-bond acceptors (Lipinski definition) is 0. The number of hydrogen-bond donors (Lipinski definition) is 0. The molecule has 18 bridgehead atoms. The monoisotopic (exact) mass is 867 g/mol. The van der Waals surface area contributed by atoms with E-state index < -0.39 is 0 Å². The third kappa shape index (κ3) is 7.41. The Labute approximate surface area is 370 Å². The average molecular weight is 869 g/mol. The van der Waals surface area contributed by atoms with Crippen molar-refractivity contribution >= 4 is 37.7 Å². The molecule has 6 heteroatoms. The predicted molar refractivity (Wildman–Crippen MR) is 251 cm³/mol. The fourth-order valence-corrected chi connectivity index (χ4v) is 9.88. The zero-order valence-corrected chi connectivity index (χ0v) is 36.3. The van der Waals surface area contributed by atoms with Gasteiger partial charge in [0.25, 0.3) is 0 Å². The van der Waals surface area contributed by atoms with Gasteiger partial charge in [0.15, 0.2) is 75.8 Å². The molecule has 8 aliphatic rings. The Morgan fingerprint density at radius 2 is 0.710 bits per heavy atom. The Balaban J connectivity index is 0.931. The molecule has 62 heavy (non-hydrogen) atoms. The zero-order valence-electron chi connectivity index (χ0n) is 34.7. The minimum absolute atomic E-state index is 0.806. The summed E-state index contributed by atoms with van der Waals surface area (Å²) < 4.78 is 12.6. The highest BCUT2D eigenvalue weighted by Gasteiger charge is 2.16. The molecule has 13 heterocycles. The Morgan fingerprint density at radius 3 is 1.05 bits per heavy atom. The molecule has 0 atom stereocenters. The van der Waals surface area contributed by atoms with E-state index in [1.165, 1.54) is 88.6 Å². The van der Waals surface area contributed by atoms with Crippen LogP contribution < -0.4 is 18.3 Å². The number of halogens is 1. The lowest BCUT2D eigenvalue weighted by Gasteiger charge is -2.11. The second-order valence-electron chi connectivity index (χ2n) is 16.5. The topological polar surface area (TPSA) is 20.4 Å². The van der Waals surface area contributed by atoms with Crippen LogP contribution in [0.5, 0.6) is 0 Å². The minimum Gasteiger partial charge on any atom is -0.341 e. The van der Waals surface area contributed by atoms with Crippen molar-refractivity contribution in [3.05, 3.63) is 228 Å². The molecule has 0 amide bonds. The SMILES string of the molecule is CCn1c2ccc3cc2c2cc(ccc21)C[n+]1ccc(cc1)-c1cc[n+](cc1)Cc1ccc(cc1)-c1cccc(c1Br)-c1ccc(cc1)C[n+]1ccc(cc1)-c1cc[n+](cc1)C3. The van der Waals surface area contributed by atoms with Gasteiger partial charge in [-0.3, -0.25) is 0 Å². The maximum absolute atomic E-state index is 3.99. The van der Waals surface area contributed by atoms with Gasteiger partial charge in [0, 0.05) is 104 Å². The van der Waals surface area contributed by atoms with Crippen LogP contribution >= 0.6 is 15.9 Å². The van der Waals surface area contributed by atoms with Gasteiger partial charge in [0.2, 0.25) is 0 Å². The standard InChI is InChI=1S/C56H46BrN5/c1-2-62-54-16-10-42-34-52(54)53-35-43(11-17-55(53)62)39-61-32-24-47(25-33-61)45-20-28-59(29-21-45)37-41-8-14-49(15-9-41)51-5-3-4-50(56(51)57)48-12-6-40(7-13-48)36-58-26-18-44(19-27-58)46-22-30-60(38-42)31-23-46/h3-35H,2,36-39H2,1H3/q+4. The van der Waals surface area contributed by atoms with Gasteiger partial charge in [0.05, 0.1) is 0 Å². The second kappa shape index (κ2) is 16.1. The summed E-state index contributed by atoms with van der Waals surface area (Å²) in [5.41, 5.74) is 17.3. The highest BCUT2D eigenvalue weighted by atomic mass is 79.9. The molecule has 0 saturated heterocycles. The van der Waals surface area contributed by atoms with Crippen LogP contribution in [0.3, 0.4) is 0 Å². The normalized spacial score (nSPS) is 12.5. The van der Waals surface area contributed by atoms with E-state index in [2.05, 4.69) is 247 Å². The molecule has 5 aromatic carbocycles. The first kappa shape index (κ1) is 37.9. The van der Waals surface area contributed by atoms with E-state index in [9.17, 15) is 0 Å². The van der Waals surface area contributed by atoms with Crippen molar-refractivity contribution < 1.29 is 18.3 Å². The highest BCUT2D eigenvalue weighted by Crippen LogP contribution is 2.37. The van der Waals surface area contributed by atoms with Crippen LogP contribution in [0.1, 0.15) is 29.2 Å². The van der Waals surface area contributed by atoms with Gasteiger partial charge in [-0.15, -0.1) is 0 Å². The van der Waals surface area contributed by atoms with Crippen LogP contribution in [0.2, 0.25) is 0 Å². The smallest absolute Gasteiger partial charge is 0.173 e. The molecule has 8 aliphatic heterocycles. The molecular formula is C56H46BrN5+4. The summed E-state index contributed by atoms with van der Waals surface area (Å²) in [5, 5.41) is 2.62. The fourth-order valence-electron chi connectivity index (χ4n) is 9.16. The van der Waals surface area contributed by atoms with Crippen LogP contribution in [0.4, 0.5) is 0 Å². The van der Waals surface area contributed by atoms with E-state index in [1.54, 1.807) is 0 Å². The Hall–Kier alpha value is -7.02. The summed E-state index contributed by atoms with van der Waals surface area (Å²) in [6, 6.07) is 56.2. The number of fused-ring (bicyclic) bond motifs is 4. The van der Waals surface area contributed by atoms with Gasteiger partial charge in [-0.05, 0) is 91.6 Å². The summed E-state index contributed by atoms with van der Waals surface area (Å²) in [4.78, 5) is 0. The zero-order chi connectivity index (χ0) is 41.6. The molecule has 5 aromatic heterocycles. The first-order valence-electron chi connectivity index (χ1n) is 21.5. The van der Waals surface area contributed by atoms with Crippen molar-refractivity contribution in [3.8, 4) is 44.5 Å². The van der Waals surface area contributed by atoms with E-state index in [0.717, 1.165) is 37.2 Å². The van der Waals surface area contributed by atoms with E-state index in [-0.39, 0.29) is 0 Å². The summed E-state index contributed by atoms with van der Waals surface area (Å²) in [7, 11) is 0. The van der Waals surface area contributed by atoms with Crippen LogP contribution in [-0.4, -0.2) is 4.57 Å². The summed E-state index contributed by atoms with van der Waals surface area (Å²) in [6.07, 6.45) is 17.5. The molecule has 0 spiro atoms. The van der Waals surface area contributed by atoms with Crippen molar-refractivity contribution in [2.45, 2.75) is 39.6 Å². The molecule has 0 radical (unpaired) electrons. The first-order valence-corrected chi connectivity index (χ1v) is 22.3. The molecule has 0 saturated carbocycles. The number of aryl methyl sites for hydroxylation is 1. The minimum atomic E-state index is 0.806. The molecule has 0 aliphatic carbocycles. The molecule has 10 aromatic rings. The summed E-state index contributed by atoms with van der Waals surface area (Å²) in [5.74, 6) is 0. The van der Waals surface area contributed by atoms with Crippen molar-refractivity contribution in [1.82, 2.24) is 4.57 Å². The number of pyridine rings is 4. The van der Waals surface area contributed by atoms with Crippen LogP contribution in [0, 0.1) is 0 Å². The molecule has 18 rings (SSSR count). The lowest BCUT2D eigenvalue weighted by atomic mass is 9.97. The lowest BCUT2D eigenvalue weighted by Crippen LogP contribution is -2.33. The van der Waals surface area contributed by atoms with Crippen molar-refractivity contribution in [2.24, 2.45) is 0 Å². The van der Waals surface area contributed by atoms with Crippen molar-refractivity contribution in [2.75, 3.05) is 0 Å². The van der Waals surface area contributed by atoms with E-state index in [1.807, 2.05) is 0 Å². The van der Waals surface area contributed by atoms with E-state index in [0.29, 0.717) is 0 Å².